The summed E-state index contributed by atoms with van der Waals surface area (Å²) in [5, 5.41) is 6.68. The standard InChI is InChI=1S/C16H17F3N4O3/c1-25-11-4-3-8(5-12(11)26-2)9-6-13(16(17,18)19)23-14(21-9)7-10(22-23)15(20)24/h3-5,7,9,13,21H,6H2,1-2H3,(H2,20,24)/t9-,13+/m0/s1. The summed E-state index contributed by atoms with van der Waals surface area (Å²) in [5.41, 5.74) is 5.50. The topological polar surface area (TPSA) is 91.4 Å². The minimum Gasteiger partial charge on any atom is -0.493 e. The number of carbonyl (C=O) groups is 1. The van der Waals surface area contributed by atoms with Gasteiger partial charge in [0.2, 0.25) is 0 Å². The minimum absolute atomic E-state index is 0.0761. The van der Waals surface area contributed by atoms with Crippen LogP contribution in [-0.4, -0.2) is 36.1 Å². The predicted molar refractivity (Wildman–Crippen MR) is 86.4 cm³/mol. The largest absolute Gasteiger partial charge is 0.493 e. The summed E-state index contributed by atoms with van der Waals surface area (Å²) in [5.74, 6) is 0.0669. The molecule has 1 aliphatic rings. The van der Waals surface area contributed by atoms with Gasteiger partial charge in [0.1, 0.15) is 5.82 Å². The van der Waals surface area contributed by atoms with Gasteiger partial charge in [-0.15, -0.1) is 0 Å². The normalized spacial score (nSPS) is 19.4. The van der Waals surface area contributed by atoms with Gasteiger partial charge < -0.3 is 20.5 Å². The fourth-order valence-electron chi connectivity index (χ4n) is 2.98. The number of hydrogen-bond donors (Lipinski definition) is 2. The summed E-state index contributed by atoms with van der Waals surface area (Å²) < 4.78 is 51.7. The molecule has 7 nitrogen and oxygen atoms in total. The van der Waals surface area contributed by atoms with E-state index in [4.69, 9.17) is 15.2 Å². The Balaban J connectivity index is 2.02. The number of rotatable bonds is 4. The molecule has 2 heterocycles. The molecule has 1 aromatic heterocycles. The summed E-state index contributed by atoms with van der Waals surface area (Å²) in [6.07, 6.45) is -4.83. The Hall–Kier alpha value is -2.91. The summed E-state index contributed by atoms with van der Waals surface area (Å²) in [4.78, 5) is 11.3. The van der Waals surface area contributed by atoms with Gasteiger partial charge in [-0.05, 0) is 17.7 Å². The number of fused-ring (bicyclic) bond motifs is 1. The van der Waals surface area contributed by atoms with Crippen molar-refractivity contribution >= 4 is 11.7 Å². The average molecular weight is 370 g/mol. The van der Waals surface area contributed by atoms with E-state index in [9.17, 15) is 18.0 Å². The number of alkyl halides is 3. The number of halogens is 3. The Morgan fingerprint density at radius 1 is 1.27 bits per heavy atom. The molecule has 2 aromatic rings. The zero-order valence-electron chi connectivity index (χ0n) is 14.0. The Morgan fingerprint density at radius 3 is 2.54 bits per heavy atom. The number of methoxy groups -OCH3 is 2. The molecular weight excluding hydrogens is 353 g/mol. The highest BCUT2D eigenvalue weighted by molar-refractivity contribution is 5.91. The quantitative estimate of drug-likeness (QED) is 0.863. The van der Waals surface area contributed by atoms with E-state index < -0.39 is 24.2 Å². The second kappa shape index (κ2) is 6.43. The van der Waals surface area contributed by atoms with Crippen LogP contribution in [0.25, 0.3) is 0 Å². The molecule has 0 aliphatic carbocycles. The molecular formula is C16H17F3N4O3. The van der Waals surface area contributed by atoms with E-state index in [1.54, 1.807) is 18.2 Å². The highest BCUT2D eigenvalue weighted by atomic mass is 19.4. The highest BCUT2D eigenvalue weighted by Gasteiger charge is 2.46. The van der Waals surface area contributed by atoms with Crippen LogP contribution in [0, 0.1) is 0 Å². The first-order valence-electron chi connectivity index (χ1n) is 7.69. The predicted octanol–water partition coefficient (Wildman–Crippen LogP) is 2.66. The SMILES string of the molecule is COc1ccc([C@@H]2C[C@H](C(F)(F)F)n3nc(C(N)=O)cc3N2)cc1OC. The van der Waals surface area contributed by atoms with Crippen LogP contribution in [-0.2, 0) is 0 Å². The van der Waals surface area contributed by atoms with Crippen molar-refractivity contribution in [3.8, 4) is 11.5 Å². The van der Waals surface area contributed by atoms with E-state index in [2.05, 4.69) is 10.4 Å². The Kier molecular flexibility index (Phi) is 4.43. The van der Waals surface area contributed by atoms with E-state index in [0.29, 0.717) is 17.1 Å². The number of nitrogens with zero attached hydrogens (tertiary/aromatic N) is 2. The van der Waals surface area contributed by atoms with Crippen molar-refractivity contribution in [2.75, 3.05) is 19.5 Å². The summed E-state index contributed by atoms with van der Waals surface area (Å²) in [6.45, 7) is 0. The van der Waals surface area contributed by atoms with Crippen molar-refractivity contribution in [2.24, 2.45) is 5.73 Å². The van der Waals surface area contributed by atoms with Crippen LogP contribution < -0.4 is 20.5 Å². The molecule has 3 N–H and O–H groups in total. The Labute approximate surface area is 146 Å². The van der Waals surface area contributed by atoms with Gasteiger partial charge in [-0.2, -0.15) is 18.3 Å². The first kappa shape index (κ1) is 17.9. The molecule has 10 heteroatoms. The van der Waals surface area contributed by atoms with Crippen LogP contribution in [0.3, 0.4) is 0 Å². The maximum Gasteiger partial charge on any atom is 0.410 e. The molecule has 0 bridgehead atoms. The Morgan fingerprint density at radius 2 is 1.96 bits per heavy atom. The first-order valence-corrected chi connectivity index (χ1v) is 7.69. The van der Waals surface area contributed by atoms with Crippen molar-refractivity contribution in [2.45, 2.75) is 24.7 Å². The molecule has 0 saturated heterocycles. The van der Waals surface area contributed by atoms with Crippen LogP contribution in [0.4, 0.5) is 19.0 Å². The molecule has 0 spiro atoms. The third kappa shape index (κ3) is 3.14. The number of anilines is 1. The smallest absolute Gasteiger partial charge is 0.410 e. The summed E-state index contributed by atoms with van der Waals surface area (Å²) >= 11 is 0. The van der Waals surface area contributed by atoms with E-state index in [-0.39, 0.29) is 17.9 Å². The van der Waals surface area contributed by atoms with Gasteiger partial charge >= 0.3 is 6.18 Å². The molecule has 26 heavy (non-hydrogen) atoms. The van der Waals surface area contributed by atoms with E-state index in [0.717, 1.165) is 4.68 Å². The lowest BCUT2D eigenvalue weighted by molar-refractivity contribution is -0.173. The van der Waals surface area contributed by atoms with Gasteiger partial charge in [-0.3, -0.25) is 4.79 Å². The lowest BCUT2D eigenvalue weighted by Gasteiger charge is -2.33. The first-order chi connectivity index (χ1) is 12.2. The summed E-state index contributed by atoms with van der Waals surface area (Å²) in [7, 11) is 2.92. The zero-order valence-corrected chi connectivity index (χ0v) is 14.0. The number of nitrogens with two attached hydrogens (primary N) is 1. The molecule has 0 radical (unpaired) electrons. The number of hydrogen-bond acceptors (Lipinski definition) is 5. The van der Waals surface area contributed by atoms with Crippen molar-refractivity contribution in [1.29, 1.82) is 0 Å². The number of nitrogens with one attached hydrogen (secondary N) is 1. The minimum atomic E-state index is -4.54. The molecule has 1 amide bonds. The molecule has 0 fully saturated rings. The number of amides is 1. The average Bonchev–Trinajstić information content (AvgIpc) is 3.03. The molecule has 3 rings (SSSR count). The number of carbonyl (C=O) groups excluding carboxylic acids is 1. The number of ether oxygens (including phenoxy) is 2. The zero-order chi connectivity index (χ0) is 19.1. The van der Waals surface area contributed by atoms with Crippen molar-refractivity contribution in [1.82, 2.24) is 9.78 Å². The van der Waals surface area contributed by atoms with Gasteiger partial charge in [0.15, 0.2) is 23.2 Å². The van der Waals surface area contributed by atoms with Gasteiger partial charge in [-0.1, -0.05) is 6.07 Å². The third-order valence-corrected chi connectivity index (χ3v) is 4.25. The second-order valence-electron chi connectivity index (χ2n) is 5.83. The monoisotopic (exact) mass is 370 g/mol. The molecule has 140 valence electrons. The van der Waals surface area contributed by atoms with Crippen LogP contribution in [0.15, 0.2) is 24.3 Å². The molecule has 1 aliphatic heterocycles. The van der Waals surface area contributed by atoms with E-state index >= 15 is 0 Å². The molecule has 0 unspecified atom stereocenters. The fourth-order valence-corrected chi connectivity index (χ4v) is 2.98. The van der Waals surface area contributed by atoms with Gasteiger partial charge in [-0.25, -0.2) is 4.68 Å². The van der Waals surface area contributed by atoms with E-state index in [1.807, 2.05) is 0 Å². The van der Waals surface area contributed by atoms with Crippen molar-refractivity contribution in [3.63, 3.8) is 0 Å². The Bertz CT molecular complexity index is 835. The molecule has 2 atom stereocenters. The third-order valence-electron chi connectivity index (χ3n) is 4.25. The number of aromatic nitrogens is 2. The maximum absolute atomic E-state index is 13.5. The van der Waals surface area contributed by atoms with Crippen LogP contribution in [0.2, 0.25) is 0 Å². The highest BCUT2D eigenvalue weighted by Crippen LogP contribution is 2.44. The van der Waals surface area contributed by atoms with Crippen LogP contribution in [0.5, 0.6) is 11.5 Å². The van der Waals surface area contributed by atoms with Crippen LogP contribution in [0.1, 0.15) is 34.6 Å². The lowest BCUT2D eigenvalue weighted by Crippen LogP contribution is -2.35. The van der Waals surface area contributed by atoms with Gasteiger partial charge in [0.05, 0.1) is 20.3 Å². The fraction of sp³-hybridized carbons (Fsp3) is 0.375. The van der Waals surface area contributed by atoms with Gasteiger partial charge in [0.25, 0.3) is 5.91 Å². The number of benzene rings is 1. The maximum atomic E-state index is 13.5. The van der Waals surface area contributed by atoms with Crippen LogP contribution >= 0.6 is 0 Å². The van der Waals surface area contributed by atoms with Crippen molar-refractivity contribution in [3.05, 3.63) is 35.5 Å². The molecule has 0 saturated carbocycles. The summed E-state index contributed by atoms with van der Waals surface area (Å²) in [6, 6.07) is 3.57. The number of primary amides is 1. The van der Waals surface area contributed by atoms with Crippen molar-refractivity contribution < 1.29 is 27.4 Å². The lowest BCUT2D eigenvalue weighted by atomic mass is 9.96. The molecule has 1 aromatic carbocycles. The second-order valence-corrected chi connectivity index (χ2v) is 5.83. The van der Waals surface area contributed by atoms with Gasteiger partial charge in [0, 0.05) is 12.5 Å². The van der Waals surface area contributed by atoms with E-state index in [1.165, 1.54) is 20.3 Å².